The third-order valence-corrected chi connectivity index (χ3v) is 4.37. The summed E-state index contributed by atoms with van der Waals surface area (Å²) in [6.07, 6.45) is 0. The summed E-state index contributed by atoms with van der Waals surface area (Å²) in [7, 11) is 0. The highest BCUT2D eigenvalue weighted by Crippen LogP contribution is 2.34. The highest BCUT2D eigenvalue weighted by atomic mass is 79.9. The quantitative estimate of drug-likeness (QED) is 0.707. The molecule has 0 radical (unpaired) electrons. The molecule has 0 atom stereocenters. The van der Waals surface area contributed by atoms with E-state index in [9.17, 15) is 0 Å². The maximum Gasteiger partial charge on any atom is 0.0314 e. The lowest BCUT2D eigenvalue weighted by Crippen LogP contribution is -1.75. The molecule has 0 nitrogen and oxygen atoms in total. The van der Waals surface area contributed by atoms with E-state index in [1.165, 1.54) is 9.79 Å². The van der Waals surface area contributed by atoms with Gasteiger partial charge in [0.1, 0.15) is 0 Å². The van der Waals surface area contributed by atoms with Gasteiger partial charge in [0.2, 0.25) is 0 Å². The van der Waals surface area contributed by atoms with Gasteiger partial charge in [-0.15, -0.1) is 0 Å². The van der Waals surface area contributed by atoms with Crippen LogP contribution in [0, 0.1) is 0 Å². The molecule has 0 amide bonds. The van der Waals surface area contributed by atoms with Crippen molar-refractivity contribution in [3.63, 3.8) is 0 Å². The van der Waals surface area contributed by atoms with Gasteiger partial charge in [-0.1, -0.05) is 45.9 Å². The molecule has 0 fully saturated rings. The highest BCUT2D eigenvalue weighted by Gasteiger charge is 2.01. The summed E-state index contributed by atoms with van der Waals surface area (Å²) in [4.78, 5) is 2.46. The molecule has 0 aliphatic rings. The smallest absolute Gasteiger partial charge is 0.0314 e. The Morgan fingerprint density at radius 3 is 2.40 bits per heavy atom. The predicted octanol–water partition coefficient (Wildman–Crippen LogP) is 5.36. The van der Waals surface area contributed by atoms with Crippen molar-refractivity contribution in [2.45, 2.75) is 9.79 Å². The molecule has 2 aromatic carbocycles. The van der Waals surface area contributed by atoms with E-state index in [0.29, 0.717) is 0 Å². The van der Waals surface area contributed by atoms with Crippen molar-refractivity contribution in [3.05, 3.63) is 57.5 Å². The van der Waals surface area contributed by atoms with Crippen molar-refractivity contribution in [3.8, 4) is 0 Å². The van der Waals surface area contributed by atoms with Crippen LogP contribution in [0.1, 0.15) is 0 Å². The summed E-state index contributed by atoms with van der Waals surface area (Å²) in [6, 6.07) is 16.5. The number of hydrogen-bond donors (Lipinski definition) is 0. The number of benzene rings is 2. The first kappa shape index (κ1) is 11.2. The third-order valence-electron chi connectivity index (χ3n) is 1.86. The molecule has 0 saturated heterocycles. The Kier molecular flexibility index (Phi) is 3.89. The number of halogens is 2. The molecule has 0 N–H and O–H groups in total. The van der Waals surface area contributed by atoms with Crippen molar-refractivity contribution in [2.24, 2.45) is 0 Å². The standard InChI is InChI=1S/C12H8Br2S/c13-9-4-3-5-10(8-9)15-12-7-2-1-6-11(12)14/h1-8H. The van der Waals surface area contributed by atoms with Gasteiger partial charge in [0.15, 0.2) is 0 Å². The van der Waals surface area contributed by atoms with Gasteiger partial charge in [-0.2, -0.15) is 0 Å². The minimum Gasteiger partial charge on any atom is -0.0889 e. The van der Waals surface area contributed by atoms with Crippen LogP contribution in [0.5, 0.6) is 0 Å². The SMILES string of the molecule is Brc1cccc(Sc2ccccc2Br)c1. The Hall–Kier alpha value is -0.250. The molecule has 0 heterocycles. The topological polar surface area (TPSA) is 0 Å². The molecule has 2 aromatic rings. The fourth-order valence-electron chi connectivity index (χ4n) is 1.18. The Morgan fingerprint density at radius 1 is 0.867 bits per heavy atom. The van der Waals surface area contributed by atoms with Crippen molar-refractivity contribution in [1.29, 1.82) is 0 Å². The van der Waals surface area contributed by atoms with E-state index in [2.05, 4.69) is 56.1 Å². The Bertz CT molecular complexity index is 469. The molecular weight excluding hydrogens is 336 g/mol. The Balaban J connectivity index is 2.26. The fourth-order valence-corrected chi connectivity index (χ4v) is 3.16. The van der Waals surface area contributed by atoms with Gasteiger partial charge in [-0.3, -0.25) is 0 Å². The second-order valence-corrected chi connectivity index (χ2v) is 5.88. The molecule has 2 rings (SSSR count). The van der Waals surface area contributed by atoms with Gasteiger partial charge >= 0.3 is 0 Å². The van der Waals surface area contributed by atoms with Crippen LogP contribution in [-0.4, -0.2) is 0 Å². The second-order valence-electron chi connectivity index (χ2n) is 2.99. The van der Waals surface area contributed by atoms with Crippen molar-refractivity contribution < 1.29 is 0 Å². The lowest BCUT2D eigenvalue weighted by molar-refractivity contribution is 1.37. The molecule has 0 spiro atoms. The van der Waals surface area contributed by atoms with E-state index in [-0.39, 0.29) is 0 Å². The second kappa shape index (κ2) is 5.19. The van der Waals surface area contributed by atoms with Crippen molar-refractivity contribution in [1.82, 2.24) is 0 Å². The Labute approximate surface area is 110 Å². The normalized spacial score (nSPS) is 10.3. The lowest BCUT2D eigenvalue weighted by atomic mass is 10.4. The van der Waals surface area contributed by atoms with Gasteiger partial charge in [0.25, 0.3) is 0 Å². The van der Waals surface area contributed by atoms with Crippen LogP contribution in [0.15, 0.2) is 67.3 Å². The van der Waals surface area contributed by atoms with Crippen LogP contribution in [0.4, 0.5) is 0 Å². The van der Waals surface area contributed by atoms with E-state index >= 15 is 0 Å². The van der Waals surface area contributed by atoms with Crippen LogP contribution in [0.25, 0.3) is 0 Å². The fraction of sp³-hybridized carbons (Fsp3) is 0. The molecule has 0 unspecified atom stereocenters. The largest absolute Gasteiger partial charge is 0.0889 e. The molecule has 76 valence electrons. The van der Waals surface area contributed by atoms with Gasteiger partial charge in [0, 0.05) is 18.7 Å². The van der Waals surface area contributed by atoms with Gasteiger partial charge in [0.05, 0.1) is 0 Å². The maximum absolute atomic E-state index is 3.54. The third kappa shape index (κ3) is 3.10. The summed E-state index contributed by atoms with van der Waals surface area (Å²) in [5.41, 5.74) is 0. The summed E-state index contributed by atoms with van der Waals surface area (Å²) < 4.78 is 2.24. The monoisotopic (exact) mass is 342 g/mol. The maximum atomic E-state index is 3.54. The van der Waals surface area contributed by atoms with Crippen LogP contribution in [0.2, 0.25) is 0 Å². The van der Waals surface area contributed by atoms with E-state index in [1.54, 1.807) is 11.8 Å². The van der Waals surface area contributed by atoms with Crippen LogP contribution >= 0.6 is 43.6 Å². The number of rotatable bonds is 2. The highest BCUT2D eigenvalue weighted by molar-refractivity contribution is 9.10. The van der Waals surface area contributed by atoms with Gasteiger partial charge in [-0.25, -0.2) is 0 Å². The van der Waals surface area contributed by atoms with Crippen LogP contribution < -0.4 is 0 Å². The first-order valence-corrected chi connectivity index (χ1v) is 6.84. The van der Waals surface area contributed by atoms with E-state index in [4.69, 9.17) is 0 Å². The predicted molar refractivity (Wildman–Crippen MR) is 72.4 cm³/mol. The molecular formula is C12H8Br2S. The van der Waals surface area contributed by atoms with E-state index < -0.39 is 0 Å². The molecule has 3 heteroatoms. The molecule has 0 aliphatic carbocycles. The van der Waals surface area contributed by atoms with Crippen molar-refractivity contribution >= 4 is 43.6 Å². The lowest BCUT2D eigenvalue weighted by Gasteiger charge is -2.03. The first-order valence-electron chi connectivity index (χ1n) is 4.43. The minimum atomic E-state index is 1.11. The summed E-state index contributed by atoms with van der Waals surface area (Å²) in [6.45, 7) is 0. The molecule has 0 bridgehead atoms. The average Bonchev–Trinajstić information content (AvgIpc) is 2.22. The van der Waals surface area contributed by atoms with E-state index in [0.717, 1.165) is 8.95 Å². The minimum absolute atomic E-state index is 1.11. The van der Waals surface area contributed by atoms with Crippen LogP contribution in [0.3, 0.4) is 0 Å². The molecule has 0 saturated carbocycles. The zero-order valence-corrected chi connectivity index (χ0v) is 11.8. The van der Waals surface area contributed by atoms with Gasteiger partial charge < -0.3 is 0 Å². The zero-order valence-electron chi connectivity index (χ0n) is 7.78. The average molecular weight is 344 g/mol. The first-order chi connectivity index (χ1) is 7.25. The van der Waals surface area contributed by atoms with E-state index in [1.807, 2.05) is 24.3 Å². The summed E-state index contributed by atoms with van der Waals surface area (Å²) in [5.74, 6) is 0. The zero-order chi connectivity index (χ0) is 10.7. The molecule has 0 aromatic heterocycles. The molecule has 0 aliphatic heterocycles. The van der Waals surface area contributed by atoms with Crippen molar-refractivity contribution in [2.75, 3.05) is 0 Å². The number of hydrogen-bond acceptors (Lipinski definition) is 1. The van der Waals surface area contributed by atoms with Crippen LogP contribution in [-0.2, 0) is 0 Å². The molecule has 15 heavy (non-hydrogen) atoms. The van der Waals surface area contributed by atoms with Gasteiger partial charge in [-0.05, 0) is 46.3 Å². The summed E-state index contributed by atoms with van der Waals surface area (Å²) >= 11 is 8.76. The Morgan fingerprint density at radius 2 is 1.67 bits per heavy atom. The summed E-state index contributed by atoms with van der Waals surface area (Å²) in [5, 5.41) is 0.